The third-order valence-corrected chi connectivity index (χ3v) is 3.37. The Balaban J connectivity index is 2.31. The van der Waals surface area contributed by atoms with E-state index >= 15 is 0 Å². The highest BCUT2D eigenvalue weighted by atomic mass is 19.1. The molecule has 2 rings (SSSR count). The monoisotopic (exact) mass is 292 g/mol. The van der Waals surface area contributed by atoms with E-state index in [2.05, 4.69) is 10.3 Å². The second kappa shape index (κ2) is 5.55. The van der Waals surface area contributed by atoms with E-state index in [4.69, 9.17) is 5.11 Å². The Labute approximate surface area is 121 Å². The standard InChI is InChI=1S/C15H17FN2O3/c1-7(2)13(15(20)21)18-14(19)12-6-10-8(3)4-9(16)5-11(10)17-12/h4-7,13,17H,1-3H3,(H,18,19)(H,20,21)/t13-/m1/s1. The fourth-order valence-corrected chi connectivity index (χ4v) is 2.23. The SMILES string of the molecule is Cc1cc(F)cc2[nH]c(C(=O)N[C@@H](C(=O)O)C(C)C)cc12. The van der Waals surface area contributed by atoms with Gasteiger partial charge < -0.3 is 15.4 Å². The van der Waals surface area contributed by atoms with Crippen LogP contribution in [0, 0.1) is 18.7 Å². The first-order valence-electron chi connectivity index (χ1n) is 6.62. The van der Waals surface area contributed by atoms with Gasteiger partial charge in [-0.3, -0.25) is 4.79 Å². The van der Waals surface area contributed by atoms with Crippen molar-refractivity contribution in [1.82, 2.24) is 10.3 Å². The number of carbonyl (C=O) groups excluding carboxylic acids is 1. The molecule has 1 aromatic heterocycles. The summed E-state index contributed by atoms with van der Waals surface area (Å²) in [6.07, 6.45) is 0. The van der Waals surface area contributed by atoms with Gasteiger partial charge in [-0.25, -0.2) is 9.18 Å². The summed E-state index contributed by atoms with van der Waals surface area (Å²) in [4.78, 5) is 26.0. The van der Waals surface area contributed by atoms with Crippen LogP contribution in [0.3, 0.4) is 0 Å². The lowest BCUT2D eigenvalue weighted by Gasteiger charge is -2.17. The molecule has 0 saturated carbocycles. The maximum atomic E-state index is 13.3. The molecule has 0 radical (unpaired) electrons. The van der Waals surface area contributed by atoms with Gasteiger partial charge in [-0.15, -0.1) is 0 Å². The van der Waals surface area contributed by atoms with Gasteiger partial charge in [0.2, 0.25) is 0 Å². The van der Waals surface area contributed by atoms with Crippen LogP contribution in [0.1, 0.15) is 29.9 Å². The summed E-state index contributed by atoms with van der Waals surface area (Å²) >= 11 is 0. The van der Waals surface area contributed by atoms with Crippen LogP contribution >= 0.6 is 0 Å². The second-order valence-electron chi connectivity index (χ2n) is 5.40. The van der Waals surface area contributed by atoms with E-state index in [0.29, 0.717) is 11.1 Å². The minimum absolute atomic E-state index is 0.214. The molecular weight excluding hydrogens is 275 g/mol. The van der Waals surface area contributed by atoms with Crippen LogP contribution in [-0.4, -0.2) is 28.0 Å². The predicted octanol–water partition coefficient (Wildman–Crippen LogP) is 2.45. The van der Waals surface area contributed by atoms with Crippen LogP contribution in [0.2, 0.25) is 0 Å². The number of aromatic nitrogens is 1. The van der Waals surface area contributed by atoms with E-state index in [-0.39, 0.29) is 17.4 Å². The summed E-state index contributed by atoms with van der Waals surface area (Å²) in [5, 5.41) is 12.3. The Kier molecular flexibility index (Phi) is 3.97. The Bertz CT molecular complexity index is 706. The number of aliphatic carboxylic acids is 1. The molecule has 3 N–H and O–H groups in total. The number of carboxylic acid groups (broad SMARTS) is 1. The van der Waals surface area contributed by atoms with Gasteiger partial charge in [0, 0.05) is 10.9 Å². The van der Waals surface area contributed by atoms with E-state index in [1.807, 2.05) is 0 Å². The molecule has 21 heavy (non-hydrogen) atoms. The molecule has 2 aromatic rings. The Morgan fingerprint density at radius 2 is 1.95 bits per heavy atom. The lowest BCUT2D eigenvalue weighted by Crippen LogP contribution is -2.44. The molecule has 6 heteroatoms. The minimum atomic E-state index is -1.09. The van der Waals surface area contributed by atoms with Crippen LogP contribution in [0.5, 0.6) is 0 Å². The van der Waals surface area contributed by atoms with E-state index < -0.39 is 17.9 Å². The number of halogens is 1. The number of aromatic amines is 1. The highest BCUT2D eigenvalue weighted by molar-refractivity contribution is 6.00. The highest BCUT2D eigenvalue weighted by Crippen LogP contribution is 2.21. The fraction of sp³-hybridized carbons (Fsp3) is 0.333. The molecule has 0 fully saturated rings. The topological polar surface area (TPSA) is 82.2 Å². The minimum Gasteiger partial charge on any atom is -0.480 e. The van der Waals surface area contributed by atoms with Crippen molar-refractivity contribution in [2.45, 2.75) is 26.8 Å². The van der Waals surface area contributed by atoms with Gasteiger partial charge in [0.05, 0.1) is 0 Å². The first kappa shape index (κ1) is 15.0. The number of rotatable bonds is 4. The van der Waals surface area contributed by atoms with Crippen LogP contribution in [0.25, 0.3) is 10.9 Å². The van der Waals surface area contributed by atoms with Crippen molar-refractivity contribution < 1.29 is 19.1 Å². The number of hydrogen-bond acceptors (Lipinski definition) is 2. The van der Waals surface area contributed by atoms with Crippen molar-refractivity contribution in [3.63, 3.8) is 0 Å². The lowest BCUT2D eigenvalue weighted by atomic mass is 10.0. The summed E-state index contributed by atoms with van der Waals surface area (Å²) in [5.41, 5.74) is 1.43. The third-order valence-electron chi connectivity index (χ3n) is 3.37. The number of nitrogens with one attached hydrogen (secondary N) is 2. The van der Waals surface area contributed by atoms with Gasteiger partial charge in [0.25, 0.3) is 5.91 Å². The fourth-order valence-electron chi connectivity index (χ4n) is 2.23. The number of hydrogen-bond donors (Lipinski definition) is 3. The number of carboxylic acids is 1. The number of benzene rings is 1. The average molecular weight is 292 g/mol. The van der Waals surface area contributed by atoms with Crippen molar-refractivity contribution >= 4 is 22.8 Å². The summed E-state index contributed by atoms with van der Waals surface area (Å²) in [6.45, 7) is 5.17. The molecule has 0 saturated heterocycles. The van der Waals surface area contributed by atoms with Gasteiger partial charge in [0.15, 0.2) is 0 Å². The zero-order valence-electron chi connectivity index (χ0n) is 12.0. The molecule has 0 aliphatic carbocycles. The zero-order valence-corrected chi connectivity index (χ0v) is 12.0. The van der Waals surface area contributed by atoms with Crippen molar-refractivity contribution in [3.8, 4) is 0 Å². The molecule has 0 unspecified atom stereocenters. The van der Waals surface area contributed by atoms with Crippen molar-refractivity contribution in [3.05, 3.63) is 35.3 Å². The smallest absolute Gasteiger partial charge is 0.326 e. The number of amides is 1. The zero-order chi connectivity index (χ0) is 15.7. The molecule has 0 bridgehead atoms. The number of carbonyl (C=O) groups is 2. The first-order chi connectivity index (χ1) is 9.79. The molecule has 1 atom stereocenters. The second-order valence-corrected chi connectivity index (χ2v) is 5.40. The first-order valence-corrected chi connectivity index (χ1v) is 6.62. The normalized spacial score (nSPS) is 12.6. The average Bonchev–Trinajstić information content (AvgIpc) is 2.78. The number of aryl methyl sites for hydroxylation is 1. The molecule has 1 amide bonds. The van der Waals surface area contributed by atoms with Crippen molar-refractivity contribution in [2.75, 3.05) is 0 Å². The predicted molar refractivity (Wildman–Crippen MR) is 76.7 cm³/mol. The van der Waals surface area contributed by atoms with E-state index in [9.17, 15) is 14.0 Å². The van der Waals surface area contributed by atoms with Gasteiger partial charge in [-0.1, -0.05) is 13.8 Å². The molecule has 0 aliphatic rings. The molecule has 5 nitrogen and oxygen atoms in total. The largest absolute Gasteiger partial charge is 0.480 e. The van der Waals surface area contributed by atoms with Gasteiger partial charge in [-0.05, 0) is 36.6 Å². The van der Waals surface area contributed by atoms with Gasteiger partial charge in [-0.2, -0.15) is 0 Å². The molecule has 0 aliphatic heterocycles. The maximum Gasteiger partial charge on any atom is 0.326 e. The van der Waals surface area contributed by atoms with Gasteiger partial charge in [0.1, 0.15) is 17.6 Å². The highest BCUT2D eigenvalue weighted by Gasteiger charge is 2.24. The van der Waals surface area contributed by atoms with Crippen LogP contribution in [0.15, 0.2) is 18.2 Å². The van der Waals surface area contributed by atoms with Crippen LogP contribution < -0.4 is 5.32 Å². The summed E-state index contributed by atoms with van der Waals surface area (Å²) in [7, 11) is 0. The van der Waals surface area contributed by atoms with Crippen molar-refractivity contribution in [2.24, 2.45) is 5.92 Å². The number of H-pyrrole nitrogens is 1. The quantitative estimate of drug-likeness (QED) is 0.809. The molecule has 112 valence electrons. The maximum absolute atomic E-state index is 13.3. The lowest BCUT2D eigenvalue weighted by molar-refractivity contribution is -0.140. The van der Waals surface area contributed by atoms with Crippen molar-refractivity contribution in [1.29, 1.82) is 0 Å². The van der Waals surface area contributed by atoms with E-state index in [1.165, 1.54) is 12.1 Å². The molecule has 0 spiro atoms. The summed E-state index contributed by atoms with van der Waals surface area (Å²) in [5.74, 6) is -2.24. The van der Waals surface area contributed by atoms with Crippen LogP contribution in [0.4, 0.5) is 4.39 Å². The van der Waals surface area contributed by atoms with Gasteiger partial charge >= 0.3 is 5.97 Å². The Morgan fingerprint density at radius 1 is 1.29 bits per heavy atom. The molecule has 1 aromatic carbocycles. The Hall–Kier alpha value is -2.37. The van der Waals surface area contributed by atoms with E-state index in [0.717, 1.165) is 5.39 Å². The Morgan fingerprint density at radius 3 is 2.52 bits per heavy atom. The number of fused-ring (bicyclic) bond motifs is 1. The third kappa shape index (κ3) is 3.04. The summed E-state index contributed by atoms with van der Waals surface area (Å²) in [6, 6.07) is 3.31. The van der Waals surface area contributed by atoms with Crippen LogP contribution in [-0.2, 0) is 4.79 Å². The molecule has 1 heterocycles. The van der Waals surface area contributed by atoms with E-state index in [1.54, 1.807) is 26.8 Å². The summed E-state index contributed by atoms with van der Waals surface area (Å²) < 4.78 is 13.3. The molecular formula is C15H17FN2O3.